The van der Waals surface area contributed by atoms with Gasteiger partial charge in [-0.15, -0.1) is 0 Å². The fourth-order valence-electron chi connectivity index (χ4n) is 3.18. The lowest BCUT2D eigenvalue weighted by molar-refractivity contribution is 0.150. The second-order valence-corrected chi connectivity index (χ2v) is 6.05. The molecule has 1 saturated heterocycles. The third-order valence-corrected chi connectivity index (χ3v) is 4.54. The molecule has 1 aromatic heterocycles. The van der Waals surface area contributed by atoms with Crippen LogP contribution in [0.5, 0.6) is 0 Å². The number of para-hydroxylation sites is 1. The van der Waals surface area contributed by atoms with Crippen molar-refractivity contribution in [2.75, 3.05) is 46.3 Å². The van der Waals surface area contributed by atoms with Crippen molar-refractivity contribution in [2.45, 2.75) is 13.0 Å². The van der Waals surface area contributed by atoms with Gasteiger partial charge in [0.2, 0.25) is 0 Å². The average Bonchev–Trinajstić information content (AvgIpc) is 2.86. The zero-order valence-electron chi connectivity index (χ0n) is 13.0. The van der Waals surface area contributed by atoms with Crippen LogP contribution < -0.4 is 5.73 Å². The van der Waals surface area contributed by atoms with Crippen molar-refractivity contribution in [1.82, 2.24) is 14.4 Å². The van der Waals surface area contributed by atoms with Gasteiger partial charge in [0, 0.05) is 56.4 Å². The molecule has 0 bridgehead atoms. The molecule has 1 fully saturated rings. The van der Waals surface area contributed by atoms with Crippen molar-refractivity contribution in [2.24, 2.45) is 5.73 Å². The third-order valence-electron chi connectivity index (χ3n) is 4.54. The number of hydrogen-bond donors (Lipinski definition) is 1. The van der Waals surface area contributed by atoms with Crippen molar-refractivity contribution in [1.29, 1.82) is 0 Å². The molecule has 2 N–H and O–H groups in total. The lowest BCUT2D eigenvalue weighted by Gasteiger charge is -2.32. The minimum atomic E-state index is 0.715. The lowest BCUT2D eigenvalue weighted by atomic mass is 10.1. The molecule has 0 unspecified atom stereocenters. The van der Waals surface area contributed by atoms with E-state index < -0.39 is 0 Å². The highest BCUT2D eigenvalue weighted by Crippen LogP contribution is 2.21. The van der Waals surface area contributed by atoms with E-state index >= 15 is 0 Å². The Morgan fingerprint density at radius 3 is 2.57 bits per heavy atom. The number of nitrogens with zero attached hydrogens (tertiary/aromatic N) is 3. The molecule has 114 valence electrons. The summed E-state index contributed by atoms with van der Waals surface area (Å²) in [6.45, 7) is 7.66. The summed E-state index contributed by atoms with van der Waals surface area (Å²) < 4.78 is 2.40. The summed E-state index contributed by atoms with van der Waals surface area (Å²) >= 11 is 0. The summed E-state index contributed by atoms with van der Waals surface area (Å²) in [5, 5.41) is 1.36. The Bertz CT molecular complexity index is 581. The predicted molar refractivity (Wildman–Crippen MR) is 88.6 cm³/mol. The molecule has 21 heavy (non-hydrogen) atoms. The Morgan fingerprint density at radius 2 is 1.81 bits per heavy atom. The molecule has 4 nitrogen and oxygen atoms in total. The first kappa shape index (κ1) is 14.6. The summed E-state index contributed by atoms with van der Waals surface area (Å²) in [5.41, 5.74) is 8.47. The summed E-state index contributed by atoms with van der Waals surface area (Å²) in [6, 6.07) is 8.68. The first-order valence-electron chi connectivity index (χ1n) is 7.95. The van der Waals surface area contributed by atoms with E-state index in [1.54, 1.807) is 0 Å². The topological polar surface area (TPSA) is 37.4 Å². The van der Waals surface area contributed by atoms with Crippen LogP contribution in [0.4, 0.5) is 0 Å². The highest BCUT2D eigenvalue weighted by atomic mass is 15.2. The molecule has 0 spiro atoms. The first-order valence-corrected chi connectivity index (χ1v) is 7.95. The molecule has 1 aliphatic rings. The fraction of sp³-hybridized carbons (Fsp3) is 0.529. The molecule has 4 heteroatoms. The molecule has 0 saturated carbocycles. The van der Waals surface area contributed by atoms with Crippen LogP contribution >= 0.6 is 0 Å². The van der Waals surface area contributed by atoms with Crippen LogP contribution in [0.3, 0.4) is 0 Å². The lowest BCUT2D eigenvalue weighted by Crippen LogP contribution is -2.45. The maximum absolute atomic E-state index is 5.74. The van der Waals surface area contributed by atoms with Crippen LogP contribution in [-0.2, 0) is 13.0 Å². The van der Waals surface area contributed by atoms with Crippen molar-refractivity contribution in [3.05, 3.63) is 36.0 Å². The van der Waals surface area contributed by atoms with E-state index in [0.29, 0.717) is 6.54 Å². The number of hydrogen-bond acceptors (Lipinski definition) is 3. The Balaban J connectivity index is 1.71. The highest BCUT2D eigenvalue weighted by Gasteiger charge is 2.14. The van der Waals surface area contributed by atoms with E-state index in [-0.39, 0.29) is 0 Å². The Kier molecular flexibility index (Phi) is 4.58. The van der Waals surface area contributed by atoms with Gasteiger partial charge in [-0.3, -0.25) is 4.90 Å². The standard InChI is InChI=1S/C17H26N4/c1-19-8-10-20(11-9-19)12-13-21-14-15(6-7-18)16-4-2-3-5-17(16)21/h2-5,14H,6-13,18H2,1H3. The van der Waals surface area contributed by atoms with Crippen molar-refractivity contribution < 1.29 is 0 Å². The van der Waals surface area contributed by atoms with Crippen LogP contribution in [0.2, 0.25) is 0 Å². The number of nitrogens with two attached hydrogens (primary N) is 1. The Hall–Kier alpha value is -1.36. The zero-order valence-corrected chi connectivity index (χ0v) is 13.0. The quantitative estimate of drug-likeness (QED) is 0.902. The maximum atomic E-state index is 5.74. The fourth-order valence-corrected chi connectivity index (χ4v) is 3.18. The molecule has 0 aliphatic carbocycles. The number of fused-ring (bicyclic) bond motifs is 1. The second-order valence-electron chi connectivity index (χ2n) is 6.05. The van der Waals surface area contributed by atoms with Gasteiger partial charge in [0.1, 0.15) is 0 Å². The summed E-state index contributed by atoms with van der Waals surface area (Å²) in [5.74, 6) is 0. The van der Waals surface area contributed by atoms with Crippen molar-refractivity contribution >= 4 is 10.9 Å². The minimum Gasteiger partial charge on any atom is -0.346 e. The van der Waals surface area contributed by atoms with Gasteiger partial charge in [0.25, 0.3) is 0 Å². The summed E-state index contributed by atoms with van der Waals surface area (Å²) in [7, 11) is 2.20. The predicted octanol–water partition coefficient (Wildman–Crippen LogP) is 1.39. The Labute approximate surface area is 127 Å². The molecule has 1 aromatic carbocycles. The molecule has 1 aliphatic heterocycles. The molecule has 2 aromatic rings. The van der Waals surface area contributed by atoms with E-state index in [1.807, 2.05) is 0 Å². The van der Waals surface area contributed by atoms with Gasteiger partial charge in [-0.05, 0) is 31.6 Å². The van der Waals surface area contributed by atoms with Gasteiger partial charge in [-0.1, -0.05) is 18.2 Å². The second kappa shape index (κ2) is 6.60. The Morgan fingerprint density at radius 1 is 1.05 bits per heavy atom. The van der Waals surface area contributed by atoms with Crippen LogP contribution in [0.25, 0.3) is 10.9 Å². The number of benzene rings is 1. The van der Waals surface area contributed by atoms with Crippen molar-refractivity contribution in [3.8, 4) is 0 Å². The van der Waals surface area contributed by atoms with Crippen LogP contribution in [0.15, 0.2) is 30.5 Å². The van der Waals surface area contributed by atoms with E-state index in [1.165, 1.54) is 42.6 Å². The number of rotatable bonds is 5. The smallest absolute Gasteiger partial charge is 0.0483 e. The first-order chi connectivity index (χ1) is 10.3. The van der Waals surface area contributed by atoms with Gasteiger partial charge in [-0.2, -0.15) is 0 Å². The van der Waals surface area contributed by atoms with E-state index in [9.17, 15) is 0 Å². The van der Waals surface area contributed by atoms with Gasteiger partial charge in [-0.25, -0.2) is 0 Å². The SMILES string of the molecule is CN1CCN(CCn2cc(CCN)c3ccccc32)CC1. The molecule has 3 rings (SSSR count). The van der Waals surface area contributed by atoms with Gasteiger partial charge >= 0.3 is 0 Å². The summed E-state index contributed by atoms with van der Waals surface area (Å²) in [4.78, 5) is 4.97. The number of aromatic nitrogens is 1. The monoisotopic (exact) mass is 286 g/mol. The number of piperazine rings is 1. The summed E-state index contributed by atoms with van der Waals surface area (Å²) in [6.07, 6.45) is 3.26. The van der Waals surface area contributed by atoms with Gasteiger partial charge in [0.15, 0.2) is 0 Å². The molecular formula is C17H26N4. The third kappa shape index (κ3) is 3.28. The molecule has 0 amide bonds. The average molecular weight is 286 g/mol. The van der Waals surface area contributed by atoms with Crippen LogP contribution in [0, 0.1) is 0 Å². The minimum absolute atomic E-state index is 0.715. The van der Waals surface area contributed by atoms with Gasteiger partial charge in [0.05, 0.1) is 0 Å². The van der Waals surface area contributed by atoms with Gasteiger partial charge < -0.3 is 15.2 Å². The van der Waals surface area contributed by atoms with E-state index in [2.05, 4.69) is 51.9 Å². The molecule has 2 heterocycles. The van der Waals surface area contributed by atoms with Crippen molar-refractivity contribution in [3.63, 3.8) is 0 Å². The number of likely N-dealkylation sites (N-methyl/N-ethyl adjacent to an activating group) is 1. The van der Waals surface area contributed by atoms with Crippen LogP contribution in [0.1, 0.15) is 5.56 Å². The highest BCUT2D eigenvalue weighted by molar-refractivity contribution is 5.84. The van der Waals surface area contributed by atoms with E-state index in [4.69, 9.17) is 5.73 Å². The van der Waals surface area contributed by atoms with E-state index in [0.717, 1.165) is 19.5 Å². The zero-order chi connectivity index (χ0) is 14.7. The van der Waals surface area contributed by atoms with Crippen LogP contribution in [-0.4, -0.2) is 60.7 Å². The molecule has 0 atom stereocenters. The maximum Gasteiger partial charge on any atom is 0.0483 e. The largest absolute Gasteiger partial charge is 0.346 e. The molecule has 0 radical (unpaired) electrons. The normalized spacial score (nSPS) is 17.6. The molecular weight excluding hydrogens is 260 g/mol.